The molecule has 20 heavy (non-hydrogen) atoms. The summed E-state index contributed by atoms with van der Waals surface area (Å²) in [5.74, 6) is 0.468. The summed E-state index contributed by atoms with van der Waals surface area (Å²) in [6.07, 6.45) is 0.813. The molecule has 2 aromatic rings. The molecule has 1 aliphatic rings. The highest BCUT2D eigenvalue weighted by molar-refractivity contribution is 6.42. The van der Waals surface area contributed by atoms with Gasteiger partial charge in [0.15, 0.2) is 5.78 Å². The van der Waals surface area contributed by atoms with Gasteiger partial charge in [0.1, 0.15) is 0 Å². The summed E-state index contributed by atoms with van der Waals surface area (Å²) < 4.78 is 0. The fourth-order valence-corrected chi connectivity index (χ4v) is 3.23. The first-order valence-electron chi connectivity index (χ1n) is 6.66. The number of halogens is 2. The highest BCUT2D eigenvalue weighted by atomic mass is 35.5. The minimum Gasteiger partial charge on any atom is -0.294 e. The normalized spacial score (nSPS) is 21.6. The molecule has 0 radical (unpaired) electrons. The number of carbonyl (C=O) groups is 1. The number of benzene rings is 2. The number of Topliss-reactive ketones (excluding diaryl/α,β-unsaturated/α-hetero) is 1. The first-order chi connectivity index (χ1) is 9.58. The van der Waals surface area contributed by atoms with E-state index in [0.717, 1.165) is 23.1 Å². The molecule has 0 aromatic heterocycles. The van der Waals surface area contributed by atoms with Gasteiger partial charge in [-0.3, -0.25) is 4.79 Å². The van der Waals surface area contributed by atoms with Crippen molar-refractivity contribution >= 4 is 29.0 Å². The third kappa shape index (κ3) is 2.25. The number of rotatable bonds is 1. The van der Waals surface area contributed by atoms with Gasteiger partial charge in [-0.25, -0.2) is 0 Å². The number of hydrogen-bond donors (Lipinski definition) is 0. The van der Waals surface area contributed by atoms with Crippen LogP contribution in [0, 0.1) is 5.92 Å². The lowest BCUT2D eigenvalue weighted by Crippen LogP contribution is -2.24. The molecule has 1 nitrogen and oxygen atoms in total. The molecule has 2 atom stereocenters. The van der Waals surface area contributed by atoms with E-state index < -0.39 is 0 Å². The molecule has 102 valence electrons. The number of ketones is 1. The predicted octanol–water partition coefficient (Wildman–Crippen LogP) is 5.35. The molecule has 0 bridgehead atoms. The Hall–Kier alpha value is -1.31. The Kier molecular flexibility index (Phi) is 3.57. The Morgan fingerprint density at radius 3 is 2.55 bits per heavy atom. The smallest absolute Gasteiger partial charge is 0.165 e. The van der Waals surface area contributed by atoms with E-state index in [1.54, 1.807) is 0 Å². The van der Waals surface area contributed by atoms with Crippen molar-refractivity contribution in [1.82, 2.24) is 0 Å². The number of fused-ring (bicyclic) bond motifs is 1. The fourth-order valence-electron chi connectivity index (χ4n) is 2.92. The molecule has 0 spiro atoms. The van der Waals surface area contributed by atoms with Crippen LogP contribution in [0.5, 0.6) is 0 Å². The van der Waals surface area contributed by atoms with Gasteiger partial charge < -0.3 is 0 Å². The molecule has 0 saturated heterocycles. The second-order valence-electron chi connectivity index (χ2n) is 5.31. The molecule has 3 heteroatoms. The standard InChI is InChI=1S/C17H14Cl2O/c1-10-8-14(11-6-7-15(18)16(19)9-11)12-4-2-3-5-13(12)17(10)20/h2-7,9-10,14H,8H2,1H3/t10-,14+/m1/s1. The monoisotopic (exact) mass is 304 g/mol. The minimum absolute atomic E-state index is 0.0318. The van der Waals surface area contributed by atoms with Gasteiger partial charge in [-0.05, 0) is 29.7 Å². The van der Waals surface area contributed by atoms with E-state index in [1.807, 2.05) is 49.4 Å². The van der Waals surface area contributed by atoms with Gasteiger partial charge in [0.2, 0.25) is 0 Å². The summed E-state index contributed by atoms with van der Waals surface area (Å²) in [6.45, 7) is 1.99. The molecule has 0 unspecified atom stereocenters. The Labute approximate surface area is 128 Å². The Bertz CT molecular complexity index is 678. The summed E-state index contributed by atoms with van der Waals surface area (Å²) in [4.78, 5) is 12.3. The highest BCUT2D eigenvalue weighted by Crippen LogP contribution is 2.40. The van der Waals surface area contributed by atoms with Crippen LogP contribution in [-0.2, 0) is 0 Å². The fraction of sp³-hybridized carbons (Fsp3) is 0.235. The van der Waals surface area contributed by atoms with Crippen molar-refractivity contribution in [3.63, 3.8) is 0 Å². The molecule has 0 aliphatic heterocycles. The van der Waals surface area contributed by atoms with Crippen LogP contribution in [-0.4, -0.2) is 5.78 Å². The molecule has 1 aliphatic carbocycles. The van der Waals surface area contributed by atoms with Crippen LogP contribution in [0.1, 0.15) is 40.7 Å². The second kappa shape index (κ2) is 5.23. The highest BCUT2D eigenvalue weighted by Gasteiger charge is 2.31. The molecule has 0 amide bonds. The number of hydrogen-bond acceptors (Lipinski definition) is 1. The Morgan fingerprint density at radius 1 is 1.05 bits per heavy atom. The minimum atomic E-state index is 0.0318. The average Bonchev–Trinajstić information content (AvgIpc) is 2.46. The van der Waals surface area contributed by atoms with E-state index in [-0.39, 0.29) is 17.6 Å². The molecule has 2 aromatic carbocycles. The second-order valence-corrected chi connectivity index (χ2v) is 6.13. The van der Waals surface area contributed by atoms with Crippen molar-refractivity contribution in [3.05, 3.63) is 69.2 Å². The van der Waals surface area contributed by atoms with E-state index in [1.165, 1.54) is 0 Å². The van der Waals surface area contributed by atoms with Crippen LogP contribution in [0.2, 0.25) is 10.0 Å². The third-order valence-electron chi connectivity index (χ3n) is 3.98. The van der Waals surface area contributed by atoms with Crippen LogP contribution in [0.3, 0.4) is 0 Å². The summed E-state index contributed by atoms with van der Waals surface area (Å²) >= 11 is 12.1. The molecule has 0 heterocycles. The molecular formula is C17H14Cl2O. The van der Waals surface area contributed by atoms with Crippen molar-refractivity contribution in [3.8, 4) is 0 Å². The van der Waals surface area contributed by atoms with Crippen LogP contribution in [0.4, 0.5) is 0 Å². The van der Waals surface area contributed by atoms with Crippen molar-refractivity contribution in [1.29, 1.82) is 0 Å². The zero-order valence-electron chi connectivity index (χ0n) is 11.1. The maximum absolute atomic E-state index is 12.3. The van der Waals surface area contributed by atoms with Crippen LogP contribution in [0.25, 0.3) is 0 Å². The lowest BCUT2D eigenvalue weighted by Gasteiger charge is -2.29. The van der Waals surface area contributed by atoms with Crippen LogP contribution >= 0.6 is 23.2 Å². The zero-order valence-corrected chi connectivity index (χ0v) is 12.6. The summed E-state index contributed by atoms with van der Waals surface area (Å²) in [7, 11) is 0. The Morgan fingerprint density at radius 2 is 1.80 bits per heavy atom. The van der Waals surface area contributed by atoms with E-state index in [9.17, 15) is 4.79 Å². The maximum Gasteiger partial charge on any atom is 0.165 e. The molecular weight excluding hydrogens is 291 g/mol. The zero-order chi connectivity index (χ0) is 14.3. The third-order valence-corrected chi connectivity index (χ3v) is 4.72. The average molecular weight is 305 g/mol. The quantitative estimate of drug-likeness (QED) is 0.694. The largest absolute Gasteiger partial charge is 0.294 e. The van der Waals surface area contributed by atoms with Gasteiger partial charge in [-0.15, -0.1) is 0 Å². The van der Waals surface area contributed by atoms with Crippen LogP contribution < -0.4 is 0 Å². The van der Waals surface area contributed by atoms with Gasteiger partial charge in [0, 0.05) is 17.4 Å². The van der Waals surface area contributed by atoms with Gasteiger partial charge in [-0.2, -0.15) is 0 Å². The van der Waals surface area contributed by atoms with Gasteiger partial charge >= 0.3 is 0 Å². The maximum atomic E-state index is 12.3. The molecule has 3 rings (SSSR count). The first kappa shape index (κ1) is 13.7. The van der Waals surface area contributed by atoms with Gasteiger partial charge in [0.25, 0.3) is 0 Å². The summed E-state index contributed by atoms with van der Waals surface area (Å²) in [5, 5.41) is 1.12. The molecule has 0 N–H and O–H groups in total. The Balaban J connectivity index is 2.12. The lowest BCUT2D eigenvalue weighted by atomic mass is 9.74. The van der Waals surface area contributed by atoms with Crippen molar-refractivity contribution in [2.75, 3.05) is 0 Å². The van der Waals surface area contributed by atoms with Gasteiger partial charge in [0.05, 0.1) is 10.0 Å². The molecule has 0 fully saturated rings. The van der Waals surface area contributed by atoms with E-state index in [4.69, 9.17) is 23.2 Å². The SMILES string of the molecule is C[C@@H]1C[C@@H](c2ccc(Cl)c(Cl)c2)c2ccccc2C1=O. The summed E-state index contributed by atoms with van der Waals surface area (Å²) in [6, 6.07) is 13.6. The molecule has 0 saturated carbocycles. The first-order valence-corrected chi connectivity index (χ1v) is 7.41. The van der Waals surface area contributed by atoms with Crippen molar-refractivity contribution < 1.29 is 4.79 Å². The summed E-state index contributed by atoms with van der Waals surface area (Å²) in [5.41, 5.74) is 3.04. The van der Waals surface area contributed by atoms with Crippen molar-refractivity contribution in [2.45, 2.75) is 19.3 Å². The van der Waals surface area contributed by atoms with E-state index in [0.29, 0.717) is 10.0 Å². The van der Waals surface area contributed by atoms with Gasteiger partial charge in [-0.1, -0.05) is 60.5 Å². The van der Waals surface area contributed by atoms with Crippen LogP contribution in [0.15, 0.2) is 42.5 Å². The topological polar surface area (TPSA) is 17.1 Å². The lowest BCUT2D eigenvalue weighted by molar-refractivity contribution is 0.0908. The predicted molar refractivity (Wildman–Crippen MR) is 82.9 cm³/mol. The number of carbonyl (C=O) groups excluding carboxylic acids is 1. The van der Waals surface area contributed by atoms with E-state index in [2.05, 4.69) is 0 Å². The van der Waals surface area contributed by atoms with Crippen molar-refractivity contribution in [2.24, 2.45) is 5.92 Å². The van der Waals surface area contributed by atoms with E-state index >= 15 is 0 Å².